The Morgan fingerprint density at radius 2 is 0.933 bits per heavy atom. The number of allylic oxidation sites excluding steroid dienone is 4. The Kier molecular flexibility index (Phi) is 13.8. The Labute approximate surface area is 207 Å². The molecule has 178 valence electrons. The summed E-state index contributed by atoms with van der Waals surface area (Å²) in [7, 11) is -3.80. The van der Waals surface area contributed by atoms with Crippen LogP contribution in [0.15, 0.2) is 24.3 Å². The molecule has 0 aromatic heterocycles. The van der Waals surface area contributed by atoms with Crippen LogP contribution in [0, 0.1) is 0 Å². The Morgan fingerprint density at radius 3 is 1.17 bits per heavy atom. The lowest BCUT2D eigenvalue weighted by Gasteiger charge is -2.45. The third kappa shape index (κ3) is 11.1. The van der Waals surface area contributed by atoms with Gasteiger partial charge in [-0.25, -0.2) is 0 Å². The molecule has 0 radical (unpaired) electrons. The molecule has 0 aliphatic carbocycles. The van der Waals surface area contributed by atoms with E-state index in [2.05, 4.69) is 124 Å². The van der Waals surface area contributed by atoms with E-state index in [1.165, 1.54) is 0 Å². The smallest absolute Gasteiger partial charge is 0.192 e. The van der Waals surface area contributed by atoms with Crippen LogP contribution in [0.3, 0.4) is 0 Å². The molecule has 0 saturated heterocycles. The van der Waals surface area contributed by atoms with Gasteiger partial charge in [-0.15, -0.1) is 0 Å². The maximum atomic E-state index is 7.02. The van der Waals surface area contributed by atoms with Crippen LogP contribution in [0.25, 0.3) is 0 Å². The van der Waals surface area contributed by atoms with Crippen LogP contribution in [-0.4, -0.2) is 39.5 Å². The summed E-state index contributed by atoms with van der Waals surface area (Å²) < 4.78 is 14.0. The molecule has 0 N–H and O–H groups in total. The van der Waals surface area contributed by atoms with Crippen molar-refractivity contribution >= 4 is 48.5 Å². The van der Waals surface area contributed by atoms with Crippen molar-refractivity contribution in [2.24, 2.45) is 0 Å². The Morgan fingerprint density at radius 1 is 0.633 bits per heavy atom. The van der Waals surface area contributed by atoms with E-state index in [0.717, 1.165) is 36.3 Å². The first-order valence-corrected chi connectivity index (χ1v) is 19.4. The van der Waals surface area contributed by atoms with Crippen LogP contribution >= 0.6 is 31.9 Å². The maximum absolute atomic E-state index is 7.02. The van der Waals surface area contributed by atoms with Gasteiger partial charge in [0, 0.05) is 10.7 Å². The van der Waals surface area contributed by atoms with Crippen LogP contribution in [0.2, 0.25) is 36.3 Å². The van der Waals surface area contributed by atoms with Crippen LogP contribution in [-0.2, 0) is 8.85 Å². The number of hydrogen-bond acceptors (Lipinski definition) is 2. The molecule has 0 unspecified atom stereocenters. The van der Waals surface area contributed by atoms with E-state index in [1.807, 2.05) is 0 Å². The molecule has 0 aliphatic rings. The molecule has 0 saturated carbocycles. The summed E-state index contributed by atoms with van der Waals surface area (Å²) in [6.45, 7) is 23.4. The summed E-state index contributed by atoms with van der Waals surface area (Å²) in [5.41, 5.74) is 0. The zero-order valence-corrected chi connectivity index (χ0v) is 26.5. The van der Waals surface area contributed by atoms with Gasteiger partial charge in [-0.05, 0) is 61.9 Å². The second-order valence-electron chi connectivity index (χ2n) is 11.2. The zero-order chi connectivity index (χ0) is 23.6. The first kappa shape index (κ1) is 30.8. The van der Waals surface area contributed by atoms with Crippen molar-refractivity contribution in [3.8, 4) is 0 Å². The van der Waals surface area contributed by atoms with Crippen molar-refractivity contribution in [1.82, 2.24) is 0 Å². The second kappa shape index (κ2) is 13.5. The topological polar surface area (TPSA) is 18.5 Å². The average molecular weight is 585 g/mol. The predicted octanol–water partition coefficient (Wildman–Crippen LogP) is 9.23. The number of alkyl halides is 2. The molecule has 0 aromatic carbocycles. The number of hydrogen-bond donors (Lipinski definition) is 0. The van der Waals surface area contributed by atoms with Crippen molar-refractivity contribution in [2.45, 2.75) is 116 Å². The molecule has 6 heteroatoms. The minimum Gasteiger partial charge on any atom is -0.411 e. The molecule has 0 aromatic rings. The Hall–Kier alpha value is 0.794. The van der Waals surface area contributed by atoms with Gasteiger partial charge in [0.1, 0.15) is 0 Å². The predicted molar refractivity (Wildman–Crippen MR) is 148 cm³/mol. The van der Waals surface area contributed by atoms with E-state index in [-0.39, 0.29) is 22.3 Å². The van der Waals surface area contributed by atoms with Crippen molar-refractivity contribution in [2.75, 3.05) is 10.7 Å². The lowest BCUT2D eigenvalue weighted by Crippen LogP contribution is -2.51. The summed E-state index contributed by atoms with van der Waals surface area (Å²) in [5.74, 6) is 0. The Balaban J connectivity index is 5.82. The van der Waals surface area contributed by atoms with Gasteiger partial charge in [0.05, 0.1) is 12.2 Å². The van der Waals surface area contributed by atoms with Crippen LogP contribution < -0.4 is 0 Å². The van der Waals surface area contributed by atoms with Gasteiger partial charge in [0.25, 0.3) is 0 Å². The van der Waals surface area contributed by atoms with Crippen molar-refractivity contribution < 1.29 is 8.85 Å². The molecule has 0 rings (SSSR count). The van der Waals surface area contributed by atoms with Crippen LogP contribution in [0.4, 0.5) is 0 Å². The third-order valence-electron chi connectivity index (χ3n) is 6.67. The quantitative estimate of drug-likeness (QED) is 0.122. The maximum Gasteiger partial charge on any atom is 0.192 e. The monoisotopic (exact) mass is 582 g/mol. The molecule has 0 aliphatic heterocycles. The zero-order valence-electron chi connectivity index (χ0n) is 21.3. The highest BCUT2D eigenvalue weighted by molar-refractivity contribution is 9.09. The molecule has 30 heavy (non-hydrogen) atoms. The van der Waals surface area contributed by atoms with Crippen LogP contribution in [0.1, 0.15) is 67.2 Å². The Bertz CT molecular complexity index is 484. The first-order valence-electron chi connectivity index (χ1n) is 11.4. The van der Waals surface area contributed by atoms with E-state index in [0.29, 0.717) is 0 Å². The molecule has 0 heterocycles. The summed E-state index contributed by atoms with van der Waals surface area (Å²) in [6.07, 6.45) is 13.3. The highest BCUT2D eigenvalue weighted by atomic mass is 79.9. The van der Waals surface area contributed by atoms with Crippen molar-refractivity contribution in [1.29, 1.82) is 0 Å². The van der Waals surface area contributed by atoms with Gasteiger partial charge in [-0.3, -0.25) is 0 Å². The van der Waals surface area contributed by atoms with Crippen molar-refractivity contribution in [3.05, 3.63) is 24.3 Å². The highest BCUT2D eigenvalue weighted by Gasteiger charge is 2.44. The molecular formula is C24H48Br2O2Si2. The molecule has 0 amide bonds. The SMILES string of the molecule is CC(C)(C)[Si](C)(C)O[C@H](CC/C=C\CBr)[C@@H](CC/C=C\CBr)O[Si](C)(C)C(C)(C)C. The first-order chi connectivity index (χ1) is 13.6. The number of halogens is 2. The van der Waals surface area contributed by atoms with Crippen molar-refractivity contribution in [3.63, 3.8) is 0 Å². The molecule has 0 fully saturated rings. The van der Waals surface area contributed by atoms with E-state index in [1.54, 1.807) is 0 Å². The molecule has 0 spiro atoms. The normalized spacial score (nSPS) is 16.5. The summed E-state index contributed by atoms with van der Waals surface area (Å²) in [4.78, 5) is 0. The largest absolute Gasteiger partial charge is 0.411 e. The van der Waals surface area contributed by atoms with E-state index in [9.17, 15) is 0 Å². The van der Waals surface area contributed by atoms with Crippen LogP contribution in [0.5, 0.6) is 0 Å². The molecule has 2 nitrogen and oxygen atoms in total. The van der Waals surface area contributed by atoms with Gasteiger partial charge in [0.2, 0.25) is 0 Å². The minimum atomic E-state index is -1.90. The summed E-state index contributed by atoms with van der Waals surface area (Å²) >= 11 is 6.98. The number of rotatable bonds is 13. The van der Waals surface area contributed by atoms with Gasteiger partial charge < -0.3 is 8.85 Å². The fourth-order valence-electron chi connectivity index (χ4n) is 2.63. The van der Waals surface area contributed by atoms with Gasteiger partial charge in [-0.1, -0.05) is 97.7 Å². The summed E-state index contributed by atoms with van der Waals surface area (Å²) in [5, 5.41) is 2.19. The van der Waals surface area contributed by atoms with E-state index in [4.69, 9.17) is 8.85 Å². The van der Waals surface area contributed by atoms with Gasteiger partial charge >= 0.3 is 0 Å². The molecule has 0 bridgehead atoms. The van der Waals surface area contributed by atoms with E-state index < -0.39 is 16.6 Å². The molecule has 2 atom stereocenters. The lowest BCUT2D eigenvalue weighted by atomic mass is 10.0. The minimum absolute atomic E-state index is 0.136. The highest BCUT2D eigenvalue weighted by Crippen LogP contribution is 2.41. The van der Waals surface area contributed by atoms with Gasteiger partial charge in [-0.2, -0.15) is 0 Å². The second-order valence-corrected chi connectivity index (χ2v) is 22.0. The molecular weight excluding hydrogens is 536 g/mol. The lowest BCUT2D eigenvalue weighted by molar-refractivity contribution is 0.0265. The summed E-state index contributed by atoms with van der Waals surface area (Å²) in [6, 6.07) is 0. The van der Waals surface area contributed by atoms with Gasteiger partial charge in [0.15, 0.2) is 16.6 Å². The van der Waals surface area contributed by atoms with E-state index >= 15 is 0 Å². The fraction of sp³-hybridized carbons (Fsp3) is 0.833. The average Bonchev–Trinajstić information content (AvgIpc) is 2.58. The standard InChI is InChI=1S/C24H48Br2O2Si2/c1-23(2,3)29(7,8)27-21(17-13-11-15-19-25)22(18-14-12-16-20-26)28-30(9,10)24(4,5)6/h11-12,15-16,21-22H,13-14,17-20H2,1-10H3/b15-11-,16-12-/t21-,22-/m1/s1. The fourth-order valence-corrected chi connectivity index (χ4v) is 5.92. The third-order valence-corrected chi connectivity index (χ3v) is 16.4.